The highest BCUT2D eigenvalue weighted by Crippen LogP contribution is 2.51. The third-order valence-electron chi connectivity index (χ3n) is 4.76. The lowest BCUT2D eigenvalue weighted by atomic mass is 10.0. The van der Waals surface area contributed by atoms with E-state index in [1.54, 1.807) is 12.4 Å². The number of nitriles is 1. The first-order valence-corrected chi connectivity index (χ1v) is 8.96. The van der Waals surface area contributed by atoms with Crippen LogP contribution in [0, 0.1) is 11.3 Å². The van der Waals surface area contributed by atoms with Gasteiger partial charge in [-0.15, -0.1) is 0 Å². The molecule has 2 heterocycles. The van der Waals surface area contributed by atoms with Gasteiger partial charge in [0, 0.05) is 23.5 Å². The second-order valence-electron chi connectivity index (χ2n) is 6.46. The Kier molecular flexibility index (Phi) is 3.78. The second-order valence-corrected chi connectivity index (χ2v) is 6.46. The molecule has 0 aliphatic carbocycles. The van der Waals surface area contributed by atoms with Crippen LogP contribution in [0.3, 0.4) is 0 Å². The number of benzene rings is 3. The normalized spacial score (nSPS) is 11.8. The van der Waals surface area contributed by atoms with Crippen LogP contribution < -0.4 is 9.64 Å². The molecule has 0 saturated carbocycles. The first-order chi connectivity index (χ1) is 13.8. The summed E-state index contributed by atoms with van der Waals surface area (Å²) in [4.78, 5) is 6.44. The Morgan fingerprint density at radius 1 is 0.750 bits per heavy atom. The number of hydrogen-bond donors (Lipinski definition) is 0. The zero-order valence-corrected chi connectivity index (χ0v) is 14.9. The minimum Gasteiger partial charge on any atom is -0.453 e. The molecule has 1 aliphatic heterocycles. The number of rotatable bonds is 2. The molecule has 132 valence electrons. The maximum absolute atomic E-state index is 9.27. The standard InChI is InChI=1S/C24H15N3O/c25-14-17-13-18(16-26-15-17)19-7-1-2-8-20(19)27-21-9-3-5-11-23(21)28-24-12-6-4-10-22(24)27/h1-13,15-16H. The Morgan fingerprint density at radius 2 is 1.36 bits per heavy atom. The molecule has 28 heavy (non-hydrogen) atoms. The van der Waals surface area contributed by atoms with E-state index < -0.39 is 0 Å². The summed E-state index contributed by atoms with van der Waals surface area (Å²) in [6.45, 7) is 0. The Morgan fingerprint density at radius 3 is 2.04 bits per heavy atom. The molecular formula is C24H15N3O. The van der Waals surface area contributed by atoms with Crippen LogP contribution in [0.5, 0.6) is 11.5 Å². The molecule has 4 heteroatoms. The quantitative estimate of drug-likeness (QED) is 0.376. The number of hydrogen-bond acceptors (Lipinski definition) is 4. The van der Waals surface area contributed by atoms with Gasteiger partial charge >= 0.3 is 0 Å². The predicted octanol–water partition coefficient (Wildman–Crippen LogP) is 6.20. The van der Waals surface area contributed by atoms with Crippen molar-refractivity contribution in [2.75, 3.05) is 4.90 Å². The third kappa shape index (κ3) is 2.58. The van der Waals surface area contributed by atoms with E-state index in [0.717, 1.165) is 39.7 Å². The highest BCUT2D eigenvalue weighted by molar-refractivity contribution is 5.92. The van der Waals surface area contributed by atoms with E-state index in [1.165, 1.54) is 0 Å². The summed E-state index contributed by atoms with van der Waals surface area (Å²) in [5, 5.41) is 9.27. The van der Waals surface area contributed by atoms with Crippen molar-refractivity contribution >= 4 is 17.1 Å². The van der Waals surface area contributed by atoms with E-state index in [-0.39, 0.29) is 0 Å². The number of fused-ring (bicyclic) bond motifs is 2. The first-order valence-electron chi connectivity index (χ1n) is 8.96. The third-order valence-corrected chi connectivity index (χ3v) is 4.76. The second kappa shape index (κ2) is 6.57. The van der Waals surface area contributed by atoms with Crippen LogP contribution in [0.4, 0.5) is 17.1 Å². The van der Waals surface area contributed by atoms with Crippen LogP contribution in [0.15, 0.2) is 91.3 Å². The van der Waals surface area contributed by atoms with E-state index in [0.29, 0.717) is 5.56 Å². The van der Waals surface area contributed by atoms with Crippen molar-refractivity contribution in [3.05, 3.63) is 96.8 Å². The average Bonchev–Trinajstić information content (AvgIpc) is 2.77. The molecule has 0 fully saturated rings. The SMILES string of the molecule is N#Cc1cncc(-c2ccccc2N2c3ccccc3Oc3ccccc32)c1. The van der Waals surface area contributed by atoms with Gasteiger partial charge in [0.05, 0.1) is 22.6 Å². The Balaban J connectivity index is 1.76. The van der Waals surface area contributed by atoms with Crippen molar-refractivity contribution in [1.82, 2.24) is 4.98 Å². The van der Waals surface area contributed by atoms with Crippen molar-refractivity contribution in [3.8, 4) is 28.7 Å². The first kappa shape index (κ1) is 16.1. The van der Waals surface area contributed by atoms with Gasteiger partial charge in [0.1, 0.15) is 6.07 Å². The fraction of sp³-hybridized carbons (Fsp3) is 0. The summed E-state index contributed by atoms with van der Waals surface area (Å²) in [5.41, 5.74) is 5.38. The van der Waals surface area contributed by atoms with Crippen molar-refractivity contribution in [3.63, 3.8) is 0 Å². The van der Waals surface area contributed by atoms with Gasteiger partial charge in [-0.1, -0.05) is 42.5 Å². The van der Waals surface area contributed by atoms with E-state index in [4.69, 9.17) is 4.74 Å². The monoisotopic (exact) mass is 361 g/mol. The van der Waals surface area contributed by atoms with Crippen LogP contribution in [0.1, 0.15) is 5.56 Å². The molecule has 0 atom stereocenters. The maximum atomic E-state index is 9.27. The highest BCUT2D eigenvalue weighted by Gasteiger charge is 2.26. The zero-order valence-electron chi connectivity index (χ0n) is 14.9. The molecule has 0 bridgehead atoms. The van der Waals surface area contributed by atoms with Gasteiger partial charge in [0.25, 0.3) is 0 Å². The summed E-state index contributed by atoms with van der Waals surface area (Å²) < 4.78 is 6.11. The number of aromatic nitrogens is 1. The van der Waals surface area contributed by atoms with Crippen molar-refractivity contribution in [1.29, 1.82) is 5.26 Å². The summed E-state index contributed by atoms with van der Waals surface area (Å²) in [7, 11) is 0. The van der Waals surface area contributed by atoms with E-state index in [2.05, 4.69) is 22.0 Å². The number of nitrogens with zero attached hydrogens (tertiary/aromatic N) is 3. The molecule has 1 aromatic heterocycles. The van der Waals surface area contributed by atoms with Crippen LogP contribution in [0.25, 0.3) is 11.1 Å². The fourth-order valence-electron chi connectivity index (χ4n) is 3.53. The number of anilines is 3. The Bertz CT molecular complexity index is 1180. The summed E-state index contributed by atoms with van der Waals surface area (Å²) in [5.74, 6) is 1.61. The lowest BCUT2D eigenvalue weighted by Gasteiger charge is -2.34. The number of para-hydroxylation sites is 5. The lowest BCUT2D eigenvalue weighted by Crippen LogP contribution is -2.16. The molecule has 4 nitrogen and oxygen atoms in total. The predicted molar refractivity (Wildman–Crippen MR) is 109 cm³/mol. The van der Waals surface area contributed by atoms with E-state index in [1.807, 2.05) is 72.8 Å². The Hall–Kier alpha value is -4.10. The molecule has 0 amide bonds. The molecule has 0 N–H and O–H groups in total. The van der Waals surface area contributed by atoms with Gasteiger partial charge in [-0.3, -0.25) is 4.98 Å². The molecule has 1 aliphatic rings. The van der Waals surface area contributed by atoms with Gasteiger partial charge in [0.15, 0.2) is 11.5 Å². The molecule has 0 unspecified atom stereocenters. The van der Waals surface area contributed by atoms with Gasteiger partial charge in [-0.25, -0.2) is 0 Å². The summed E-state index contributed by atoms with van der Waals surface area (Å²) in [6.07, 6.45) is 3.36. The van der Waals surface area contributed by atoms with Gasteiger partial charge in [0.2, 0.25) is 0 Å². The maximum Gasteiger partial charge on any atom is 0.151 e. The van der Waals surface area contributed by atoms with E-state index >= 15 is 0 Å². The molecule has 4 aromatic rings. The molecular weight excluding hydrogens is 346 g/mol. The van der Waals surface area contributed by atoms with Gasteiger partial charge in [-0.05, 0) is 36.4 Å². The molecule has 3 aromatic carbocycles. The van der Waals surface area contributed by atoms with Crippen LogP contribution >= 0.6 is 0 Å². The highest BCUT2D eigenvalue weighted by atomic mass is 16.5. The molecule has 5 rings (SSSR count). The minimum atomic E-state index is 0.537. The van der Waals surface area contributed by atoms with E-state index in [9.17, 15) is 5.26 Å². The lowest BCUT2D eigenvalue weighted by molar-refractivity contribution is 0.477. The van der Waals surface area contributed by atoms with Crippen LogP contribution in [-0.2, 0) is 0 Å². The van der Waals surface area contributed by atoms with Crippen LogP contribution in [0.2, 0.25) is 0 Å². The largest absolute Gasteiger partial charge is 0.453 e. The molecule has 0 saturated heterocycles. The zero-order chi connectivity index (χ0) is 18.9. The number of ether oxygens (including phenoxy) is 1. The van der Waals surface area contributed by atoms with Crippen molar-refractivity contribution in [2.45, 2.75) is 0 Å². The summed E-state index contributed by atoms with van der Waals surface area (Å²) in [6, 6.07) is 28.2. The summed E-state index contributed by atoms with van der Waals surface area (Å²) >= 11 is 0. The van der Waals surface area contributed by atoms with Gasteiger partial charge < -0.3 is 9.64 Å². The Labute approximate surface area is 162 Å². The van der Waals surface area contributed by atoms with Crippen molar-refractivity contribution in [2.24, 2.45) is 0 Å². The van der Waals surface area contributed by atoms with Crippen LogP contribution in [-0.4, -0.2) is 4.98 Å². The fourth-order valence-corrected chi connectivity index (χ4v) is 3.53. The topological polar surface area (TPSA) is 49.2 Å². The van der Waals surface area contributed by atoms with Crippen molar-refractivity contribution < 1.29 is 4.74 Å². The smallest absolute Gasteiger partial charge is 0.151 e. The van der Waals surface area contributed by atoms with Gasteiger partial charge in [-0.2, -0.15) is 5.26 Å². The molecule has 0 spiro atoms. The molecule has 0 radical (unpaired) electrons. The average molecular weight is 361 g/mol. The minimum absolute atomic E-state index is 0.537. The number of pyridine rings is 1.